The van der Waals surface area contributed by atoms with Gasteiger partial charge in [0.25, 0.3) is 0 Å². The number of fused-ring (bicyclic) bond motifs is 1. The van der Waals surface area contributed by atoms with Gasteiger partial charge in [-0.2, -0.15) is 0 Å². The van der Waals surface area contributed by atoms with E-state index in [-0.39, 0.29) is 0 Å². The molecule has 1 aromatic heterocycles. The predicted molar refractivity (Wildman–Crippen MR) is 129 cm³/mol. The Morgan fingerprint density at radius 3 is 2.52 bits per heavy atom. The molecule has 0 saturated carbocycles. The third-order valence-corrected chi connectivity index (χ3v) is 6.45. The Kier molecular flexibility index (Phi) is 5.98. The number of hydrogen-bond donors (Lipinski definition) is 0. The van der Waals surface area contributed by atoms with Crippen LogP contribution in [-0.4, -0.2) is 19.1 Å². The average Bonchev–Trinajstić information content (AvgIpc) is 3.30. The van der Waals surface area contributed by atoms with Crippen LogP contribution in [0.2, 0.25) is 0 Å². The quantitative estimate of drug-likeness (QED) is 0.432. The van der Waals surface area contributed by atoms with Crippen molar-refractivity contribution >= 4 is 51.0 Å². The van der Waals surface area contributed by atoms with Crippen LogP contribution in [0.25, 0.3) is 22.4 Å². The second-order valence-corrected chi connectivity index (χ2v) is 8.67. The molecule has 146 valence electrons. The summed E-state index contributed by atoms with van der Waals surface area (Å²) in [6.07, 6.45) is 12.5. The molecule has 0 amide bonds. The minimum atomic E-state index is 0.870. The molecule has 0 radical (unpaired) electrons. The van der Waals surface area contributed by atoms with Gasteiger partial charge in [0.15, 0.2) is 0 Å². The number of hydrogen-bond acceptors (Lipinski definition) is 3. The van der Waals surface area contributed by atoms with Gasteiger partial charge in [0, 0.05) is 24.8 Å². The maximum atomic E-state index is 6.63. The number of aromatic nitrogens is 1. The average molecular weight is 419 g/mol. The smallest absolute Gasteiger partial charge is 0.117 e. The largest absolute Gasteiger partial charge is 0.378 e. The summed E-state index contributed by atoms with van der Waals surface area (Å²) in [5.74, 6) is 0. The minimum Gasteiger partial charge on any atom is -0.378 e. The van der Waals surface area contributed by atoms with Gasteiger partial charge in [0.1, 0.15) is 5.01 Å². The Balaban J connectivity index is 1.45. The maximum Gasteiger partial charge on any atom is 0.117 e. The molecule has 0 saturated heterocycles. The molecule has 0 spiro atoms. The van der Waals surface area contributed by atoms with Crippen molar-refractivity contribution in [2.24, 2.45) is 0 Å². The summed E-state index contributed by atoms with van der Waals surface area (Å²) in [6, 6.07) is 16.7. The monoisotopic (exact) mass is 418 g/mol. The molecule has 0 aliphatic heterocycles. The molecule has 4 heteroatoms. The summed E-state index contributed by atoms with van der Waals surface area (Å²) in [7, 11) is 4.10. The van der Waals surface area contributed by atoms with Gasteiger partial charge in [-0.05, 0) is 59.9 Å². The lowest BCUT2D eigenvalue weighted by molar-refractivity contribution is 1.03. The Morgan fingerprint density at radius 1 is 0.966 bits per heavy atom. The molecular weight excluding hydrogens is 396 g/mol. The first-order chi connectivity index (χ1) is 14.1. The van der Waals surface area contributed by atoms with Gasteiger partial charge in [0.2, 0.25) is 0 Å². The van der Waals surface area contributed by atoms with Gasteiger partial charge in [-0.25, -0.2) is 4.98 Å². The molecule has 3 aromatic rings. The highest BCUT2D eigenvalue weighted by atomic mass is 35.5. The Hall–Kier alpha value is -2.62. The Morgan fingerprint density at radius 2 is 1.76 bits per heavy atom. The Labute approximate surface area is 181 Å². The summed E-state index contributed by atoms with van der Waals surface area (Å²) in [6.45, 7) is 0. The lowest BCUT2D eigenvalue weighted by atomic mass is 10.1. The Bertz CT molecular complexity index is 1100. The van der Waals surface area contributed by atoms with Gasteiger partial charge in [-0.1, -0.05) is 60.2 Å². The number of anilines is 1. The third-order valence-electron chi connectivity index (χ3n) is 4.96. The standard InChI is InChI=1S/C25H23ClN2S/c1-28(2)21-15-10-18(11-16-21)6-5-7-19-12-13-20(25(19)26)14-17-24-27-22-8-3-4-9-23(22)29-24/h3-11,14-17H,12-13H2,1-2H3/b6-5+,17-14+,19-7+. The second-order valence-electron chi connectivity index (χ2n) is 7.23. The molecule has 0 bridgehead atoms. The third kappa shape index (κ3) is 4.69. The summed E-state index contributed by atoms with van der Waals surface area (Å²) in [4.78, 5) is 6.75. The molecule has 1 heterocycles. The number of halogens is 1. The van der Waals surface area contributed by atoms with Gasteiger partial charge in [-0.15, -0.1) is 11.3 Å². The van der Waals surface area contributed by atoms with Crippen molar-refractivity contribution in [1.29, 1.82) is 0 Å². The van der Waals surface area contributed by atoms with Crippen molar-refractivity contribution in [3.05, 3.63) is 93.5 Å². The van der Waals surface area contributed by atoms with Crippen LogP contribution >= 0.6 is 22.9 Å². The van der Waals surface area contributed by atoms with E-state index in [1.165, 1.54) is 27.1 Å². The van der Waals surface area contributed by atoms with Crippen molar-refractivity contribution < 1.29 is 0 Å². The van der Waals surface area contributed by atoms with E-state index >= 15 is 0 Å². The van der Waals surface area contributed by atoms with Crippen LogP contribution < -0.4 is 4.90 Å². The fourth-order valence-corrected chi connectivity index (χ4v) is 4.49. The minimum absolute atomic E-state index is 0.870. The molecule has 0 fully saturated rings. The highest BCUT2D eigenvalue weighted by molar-refractivity contribution is 7.19. The molecule has 1 aliphatic carbocycles. The van der Waals surface area contributed by atoms with Gasteiger partial charge in [0.05, 0.1) is 10.2 Å². The van der Waals surface area contributed by atoms with E-state index < -0.39 is 0 Å². The summed E-state index contributed by atoms with van der Waals surface area (Å²) < 4.78 is 1.21. The van der Waals surface area contributed by atoms with Crippen molar-refractivity contribution in [1.82, 2.24) is 4.98 Å². The van der Waals surface area contributed by atoms with Crippen LogP contribution in [0.3, 0.4) is 0 Å². The fraction of sp³-hybridized carbons (Fsp3) is 0.160. The second kappa shape index (κ2) is 8.81. The van der Waals surface area contributed by atoms with Crippen molar-refractivity contribution in [3.63, 3.8) is 0 Å². The molecule has 2 nitrogen and oxygen atoms in total. The lowest BCUT2D eigenvalue weighted by Gasteiger charge is -2.11. The van der Waals surface area contributed by atoms with Crippen molar-refractivity contribution in [2.45, 2.75) is 12.8 Å². The van der Waals surface area contributed by atoms with E-state index in [0.29, 0.717) is 0 Å². The van der Waals surface area contributed by atoms with Crippen LogP contribution in [-0.2, 0) is 0 Å². The first-order valence-electron chi connectivity index (χ1n) is 9.67. The van der Waals surface area contributed by atoms with Gasteiger partial charge < -0.3 is 4.90 Å². The van der Waals surface area contributed by atoms with E-state index in [9.17, 15) is 0 Å². The number of benzene rings is 2. The molecule has 0 atom stereocenters. The fourth-order valence-electron chi connectivity index (χ4n) is 3.30. The molecule has 0 N–H and O–H groups in total. The lowest BCUT2D eigenvalue weighted by Crippen LogP contribution is -2.07. The molecule has 4 rings (SSSR count). The van der Waals surface area contributed by atoms with Crippen LogP contribution in [0.1, 0.15) is 23.4 Å². The van der Waals surface area contributed by atoms with Gasteiger partial charge in [-0.3, -0.25) is 0 Å². The van der Waals surface area contributed by atoms with Crippen LogP contribution in [0.15, 0.2) is 82.9 Å². The highest BCUT2D eigenvalue weighted by Crippen LogP contribution is 2.35. The van der Waals surface area contributed by atoms with Crippen molar-refractivity contribution in [2.75, 3.05) is 19.0 Å². The van der Waals surface area contributed by atoms with E-state index in [1.54, 1.807) is 11.3 Å². The van der Waals surface area contributed by atoms with E-state index in [4.69, 9.17) is 11.6 Å². The topological polar surface area (TPSA) is 16.1 Å². The zero-order chi connectivity index (χ0) is 20.2. The van der Waals surface area contributed by atoms with Crippen LogP contribution in [0.5, 0.6) is 0 Å². The first kappa shape index (κ1) is 19.7. The number of rotatable bonds is 5. The molecule has 1 aliphatic rings. The highest BCUT2D eigenvalue weighted by Gasteiger charge is 2.15. The normalized spacial score (nSPS) is 16.2. The summed E-state index contributed by atoms with van der Waals surface area (Å²) in [5.41, 5.74) is 5.80. The molecule has 29 heavy (non-hydrogen) atoms. The number of nitrogens with zero attached hydrogens (tertiary/aromatic N) is 2. The zero-order valence-corrected chi connectivity index (χ0v) is 18.2. The SMILES string of the molecule is CN(C)c1ccc(/C=C/C=C2\CCC(/C=C/c3nc4ccccc4s3)=C2Cl)cc1. The molecule has 2 aromatic carbocycles. The van der Waals surface area contributed by atoms with Crippen LogP contribution in [0.4, 0.5) is 5.69 Å². The van der Waals surface area contributed by atoms with Crippen molar-refractivity contribution in [3.8, 4) is 0 Å². The maximum absolute atomic E-state index is 6.63. The van der Waals surface area contributed by atoms with E-state index in [2.05, 4.69) is 70.6 Å². The van der Waals surface area contributed by atoms with E-state index in [0.717, 1.165) is 28.4 Å². The first-order valence-corrected chi connectivity index (χ1v) is 10.9. The summed E-state index contributed by atoms with van der Waals surface area (Å²) >= 11 is 8.33. The number of thiazole rings is 1. The van der Waals surface area contributed by atoms with E-state index in [1.807, 2.05) is 32.3 Å². The summed E-state index contributed by atoms with van der Waals surface area (Å²) in [5, 5.41) is 1.89. The molecular formula is C25H23ClN2S. The molecule has 0 unspecified atom stereocenters. The predicted octanol–water partition coefficient (Wildman–Crippen LogP) is 7.30. The number of allylic oxidation sites excluding steroid dienone is 6. The zero-order valence-electron chi connectivity index (χ0n) is 16.6. The van der Waals surface area contributed by atoms with Gasteiger partial charge >= 0.3 is 0 Å². The van der Waals surface area contributed by atoms with Crippen LogP contribution in [0, 0.1) is 0 Å². The number of para-hydroxylation sites is 1.